The molecule has 0 unspecified atom stereocenters. The molecule has 21 heavy (non-hydrogen) atoms. The highest BCUT2D eigenvalue weighted by Crippen LogP contribution is 2.12. The van der Waals surface area contributed by atoms with E-state index in [-0.39, 0.29) is 0 Å². The van der Waals surface area contributed by atoms with Crippen molar-refractivity contribution in [2.75, 3.05) is 0 Å². The monoisotopic (exact) mass is 296 g/mol. The summed E-state index contributed by atoms with van der Waals surface area (Å²) >= 11 is 0. The predicted octanol–water partition coefficient (Wildman–Crippen LogP) is 5.73. The molecule has 0 aromatic carbocycles. The molecule has 0 atom stereocenters. The van der Waals surface area contributed by atoms with Crippen molar-refractivity contribution in [2.45, 2.75) is 98.3 Å². The van der Waals surface area contributed by atoms with E-state index in [1.54, 1.807) is 0 Å². The van der Waals surface area contributed by atoms with Crippen molar-refractivity contribution in [3.05, 3.63) is 0 Å². The van der Waals surface area contributed by atoms with E-state index in [4.69, 9.17) is 0 Å². The molecule has 0 rings (SSSR count). The van der Waals surface area contributed by atoms with Crippen LogP contribution in [0.1, 0.15) is 98.3 Å². The van der Waals surface area contributed by atoms with Gasteiger partial charge in [-0.3, -0.25) is 9.59 Å². The van der Waals surface area contributed by atoms with Gasteiger partial charge in [0.1, 0.15) is 11.6 Å². The van der Waals surface area contributed by atoms with Crippen molar-refractivity contribution in [1.29, 1.82) is 0 Å². The highest BCUT2D eigenvalue weighted by molar-refractivity contribution is 5.78. The first-order chi connectivity index (χ1) is 9.91. The average Bonchev–Trinajstić information content (AvgIpc) is 2.40. The van der Waals surface area contributed by atoms with Crippen LogP contribution in [0.3, 0.4) is 0 Å². The number of rotatable bonds is 14. The quantitative estimate of drug-likeness (QED) is 0.384. The summed E-state index contributed by atoms with van der Waals surface area (Å²) in [7, 11) is 0. The highest BCUT2D eigenvalue weighted by atomic mass is 16.1. The maximum absolute atomic E-state index is 11.7. The van der Waals surface area contributed by atoms with Crippen molar-refractivity contribution in [3.63, 3.8) is 0 Å². The van der Waals surface area contributed by atoms with Crippen molar-refractivity contribution >= 4 is 11.6 Å². The Morgan fingerprint density at radius 2 is 1.00 bits per heavy atom. The maximum Gasteiger partial charge on any atom is 0.132 e. The Bertz CT molecular complexity index is 279. The van der Waals surface area contributed by atoms with E-state index in [1.165, 1.54) is 12.8 Å². The van der Waals surface area contributed by atoms with E-state index in [2.05, 4.69) is 27.7 Å². The van der Waals surface area contributed by atoms with Crippen LogP contribution in [-0.4, -0.2) is 11.6 Å². The van der Waals surface area contributed by atoms with Gasteiger partial charge in [-0.2, -0.15) is 0 Å². The van der Waals surface area contributed by atoms with Crippen molar-refractivity contribution in [3.8, 4) is 0 Å². The topological polar surface area (TPSA) is 34.1 Å². The first-order valence-corrected chi connectivity index (χ1v) is 8.95. The van der Waals surface area contributed by atoms with Gasteiger partial charge in [0, 0.05) is 25.7 Å². The minimum atomic E-state index is 0.392. The van der Waals surface area contributed by atoms with Gasteiger partial charge in [-0.1, -0.05) is 47.0 Å². The second-order valence-corrected chi connectivity index (χ2v) is 7.21. The summed E-state index contributed by atoms with van der Waals surface area (Å²) in [5, 5.41) is 0. The molecule has 0 saturated carbocycles. The van der Waals surface area contributed by atoms with Crippen LogP contribution < -0.4 is 0 Å². The number of carbonyl (C=O) groups excluding carboxylic acids is 2. The molecule has 2 heteroatoms. The number of ketones is 2. The standard InChI is InChI=1S/C19H36O2/c1-16(2)10-8-9-13-18(20)11-6-5-7-12-19(21)15-14-17(3)4/h16-17H,5-15H2,1-4H3. The third-order valence-electron chi connectivity index (χ3n) is 3.90. The fraction of sp³-hybridized carbons (Fsp3) is 0.895. The summed E-state index contributed by atoms with van der Waals surface area (Å²) in [5.74, 6) is 2.16. The predicted molar refractivity (Wildman–Crippen MR) is 90.5 cm³/mol. The average molecular weight is 296 g/mol. The van der Waals surface area contributed by atoms with Crippen LogP contribution in [-0.2, 0) is 9.59 Å². The molecule has 0 heterocycles. The molecular weight excluding hydrogens is 260 g/mol. The molecule has 0 aromatic rings. The van der Waals surface area contributed by atoms with E-state index in [0.717, 1.165) is 50.9 Å². The molecule has 0 aliphatic carbocycles. The fourth-order valence-corrected chi connectivity index (χ4v) is 2.40. The summed E-state index contributed by atoms with van der Waals surface area (Å²) in [6, 6.07) is 0. The number of unbranched alkanes of at least 4 members (excludes halogenated alkanes) is 3. The molecule has 0 spiro atoms. The second kappa shape index (κ2) is 13.0. The number of hydrogen-bond acceptors (Lipinski definition) is 2. The molecule has 0 N–H and O–H groups in total. The zero-order chi connectivity index (χ0) is 16.1. The summed E-state index contributed by atoms with van der Waals surface area (Å²) in [5.41, 5.74) is 0. The van der Waals surface area contributed by atoms with Gasteiger partial charge in [-0.25, -0.2) is 0 Å². The lowest BCUT2D eigenvalue weighted by molar-refractivity contribution is -0.119. The Balaban J connectivity index is 3.37. The number of carbonyl (C=O) groups is 2. The second-order valence-electron chi connectivity index (χ2n) is 7.21. The fourth-order valence-electron chi connectivity index (χ4n) is 2.40. The van der Waals surface area contributed by atoms with Gasteiger partial charge in [0.15, 0.2) is 0 Å². The van der Waals surface area contributed by atoms with Crippen LogP contribution in [0.25, 0.3) is 0 Å². The summed E-state index contributed by atoms with van der Waals surface area (Å²) in [6.07, 6.45) is 10.3. The largest absolute Gasteiger partial charge is 0.300 e. The summed E-state index contributed by atoms with van der Waals surface area (Å²) in [6.45, 7) is 8.76. The van der Waals surface area contributed by atoms with E-state index in [1.807, 2.05) is 0 Å². The minimum absolute atomic E-state index is 0.392. The van der Waals surface area contributed by atoms with Crippen LogP contribution in [0, 0.1) is 11.8 Å². The first-order valence-electron chi connectivity index (χ1n) is 8.95. The molecule has 0 saturated heterocycles. The number of hydrogen-bond donors (Lipinski definition) is 0. The van der Waals surface area contributed by atoms with Crippen molar-refractivity contribution < 1.29 is 9.59 Å². The third kappa shape index (κ3) is 15.5. The Morgan fingerprint density at radius 3 is 1.48 bits per heavy atom. The molecule has 0 aliphatic rings. The Kier molecular flexibility index (Phi) is 12.6. The lowest BCUT2D eigenvalue weighted by atomic mass is 10.0. The molecule has 0 radical (unpaired) electrons. The maximum atomic E-state index is 11.7. The smallest absolute Gasteiger partial charge is 0.132 e. The molecule has 0 aliphatic heterocycles. The Hall–Kier alpha value is -0.660. The van der Waals surface area contributed by atoms with E-state index in [0.29, 0.717) is 30.3 Å². The lowest BCUT2D eigenvalue weighted by Gasteiger charge is -2.05. The Morgan fingerprint density at radius 1 is 0.571 bits per heavy atom. The van der Waals surface area contributed by atoms with E-state index < -0.39 is 0 Å². The SMILES string of the molecule is CC(C)CCCCC(=O)CCCCCC(=O)CCC(C)C. The van der Waals surface area contributed by atoms with Gasteiger partial charge in [-0.05, 0) is 37.5 Å². The van der Waals surface area contributed by atoms with E-state index in [9.17, 15) is 9.59 Å². The first kappa shape index (κ1) is 20.3. The van der Waals surface area contributed by atoms with Crippen molar-refractivity contribution in [1.82, 2.24) is 0 Å². The molecule has 0 fully saturated rings. The van der Waals surface area contributed by atoms with Crippen LogP contribution in [0.4, 0.5) is 0 Å². The molecule has 0 amide bonds. The normalized spacial score (nSPS) is 11.3. The molecule has 2 nitrogen and oxygen atoms in total. The highest BCUT2D eigenvalue weighted by Gasteiger charge is 2.05. The molecule has 0 bridgehead atoms. The zero-order valence-corrected chi connectivity index (χ0v) is 14.7. The lowest BCUT2D eigenvalue weighted by Crippen LogP contribution is -2.01. The van der Waals surface area contributed by atoms with Gasteiger partial charge >= 0.3 is 0 Å². The van der Waals surface area contributed by atoms with Gasteiger partial charge in [0.05, 0.1) is 0 Å². The summed E-state index contributed by atoms with van der Waals surface area (Å²) in [4.78, 5) is 23.3. The summed E-state index contributed by atoms with van der Waals surface area (Å²) < 4.78 is 0. The van der Waals surface area contributed by atoms with Crippen LogP contribution >= 0.6 is 0 Å². The number of Topliss-reactive ketones (excluding diaryl/α,β-unsaturated/α-hetero) is 2. The molecule has 0 aromatic heterocycles. The molecule has 124 valence electrons. The van der Waals surface area contributed by atoms with Gasteiger partial charge in [0.25, 0.3) is 0 Å². The van der Waals surface area contributed by atoms with Crippen molar-refractivity contribution in [2.24, 2.45) is 11.8 Å². The zero-order valence-electron chi connectivity index (χ0n) is 14.7. The van der Waals surface area contributed by atoms with Crippen LogP contribution in [0.5, 0.6) is 0 Å². The third-order valence-corrected chi connectivity index (χ3v) is 3.90. The van der Waals surface area contributed by atoms with Crippen LogP contribution in [0.2, 0.25) is 0 Å². The van der Waals surface area contributed by atoms with Crippen LogP contribution in [0.15, 0.2) is 0 Å². The molecular formula is C19H36O2. The minimum Gasteiger partial charge on any atom is -0.300 e. The van der Waals surface area contributed by atoms with Gasteiger partial charge < -0.3 is 0 Å². The van der Waals surface area contributed by atoms with Gasteiger partial charge in [-0.15, -0.1) is 0 Å². The van der Waals surface area contributed by atoms with Gasteiger partial charge in [0.2, 0.25) is 0 Å². The Labute approximate surface area is 132 Å². The van der Waals surface area contributed by atoms with E-state index >= 15 is 0 Å².